The summed E-state index contributed by atoms with van der Waals surface area (Å²) in [5.74, 6) is 0.0346. The van der Waals surface area contributed by atoms with E-state index in [1.54, 1.807) is 11.8 Å². The van der Waals surface area contributed by atoms with Gasteiger partial charge >= 0.3 is 0 Å². The van der Waals surface area contributed by atoms with Crippen molar-refractivity contribution in [2.45, 2.75) is 51.2 Å². The maximum atomic E-state index is 12.3. The largest absolute Gasteiger partial charge is 0.353 e. The Hall–Kier alpha value is -1.10. The van der Waals surface area contributed by atoms with E-state index in [2.05, 4.69) is 17.6 Å². The summed E-state index contributed by atoms with van der Waals surface area (Å²) in [7, 11) is 0. The van der Waals surface area contributed by atoms with Gasteiger partial charge < -0.3 is 15.5 Å². The predicted octanol–water partition coefficient (Wildman–Crippen LogP) is -0.136. The van der Waals surface area contributed by atoms with Crippen LogP contribution in [0.15, 0.2) is 0 Å². The Morgan fingerprint density at radius 3 is 2.82 bits per heavy atom. The van der Waals surface area contributed by atoms with Gasteiger partial charge in [0.15, 0.2) is 0 Å². The summed E-state index contributed by atoms with van der Waals surface area (Å²) in [5.41, 5.74) is 0. The van der Waals surface area contributed by atoms with Crippen LogP contribution in [0.3, 0.4) is 0 Å². The Morgan fingerprint density at radius 1 is 1.35 bits per heavy atom. The van der Waals surface area contributed by atoms with Crippen molar-refractivity contribution in [1.82, 2.24) is 15.5 Å². The molecule has 0 saturated carbocycles. The van der Waals surface area contributed by atoms with Crippen LogP contribution in [-0.2, 0) is 9.59 Å². The second kappa shape index (κ2) is 5.04. The van der Waals surface area contributed by atoms with Gasteiger partial charge in [0.2, 0.25) is 11.8 Å². The standard InChI is InChI=1S/C12H21N3O2/c1-8-4-3-5-10(14-8)12(17)15-7-6-13-11(16)9(15)2/h8-10,14H,3-7H2,1-2H3,(H,13,16). The molecule has 0 aliphatic carbocycles. The van der Waals surface area contributed by atoms with Gasteiger partial charge in [-0.25, -0.2) is 0 Å². The molecule has 3 atom stereocenters. The molecule has 0 aromatic rings. The molecule has 2 N–H and O–H groups in total. The smallest absolute Gasteiger partial charge is 0.242 e. The maximum Gasteiger partial charge on any atom is 0.242 e. The van der Waals surface area contributed by atoms with Gasteiger partial charge in [-0.3, -0.25) is 9.59 Å². The van der Waals surface area contributed by atoms with Gasteiger partial charge in [-0.1, -0.05) is 0 Å². The van der Waals surface area contributed by atoms with E-state index in [0.29, 0.717) is 19.1 Å². The first-order valence-electron chi connectivity index (χ1n) is 6.44. The molecule has 2 aliphatic heterocycles. The van der Waals surface area contributed by atoms with Crippen molar-refractivity contribution in [2.24, 2.45) is 0 Å². The van der Waals surface area contributed by atoms with Crippen LogP contribution in [0.4, 0.5) is 0 Å². The highest BCUT2D eigenvalue weighted by Gasteiger charge is 2.34. The van der Waals surface area contributed by atoms with E-state index in [1.807, 2.05) is 0 Å². The van der Waals surface area contributed by atoms with Crippen LogP contribution in [0.1, 0.15) is 33.1 Å². The minimum Gasteiger partial charge on any atom is -0.353 e. The van der Waals surface area contributed by atoms with Crippen molar-refractivity contribution in [2.75, 3.05) is 13.1 Å². The zero-order chi connectivity index (χ0) is 12.4. The van der Waals surface area contributed by atoms with Crippen LogP contribution in [0.2, 0.25) is 0 Å². The van der Waals surface area contributed by atoms with Crippen molar-refractivity contribution < 1.29 is 9.59 Å². The second-order valence-corrected chi connectivity index (χ2v) is 5.05. The number of carbonyl (C=O) groups is 2. The number of hydrogen-bond acceptors (Lipinski definition) is 3. The molecule has 3 unspecified atom stereocenters. The molecule has 0 aromatic heterocycles. The first kappa shape index (κ1) is 12.4. The van der Waals surface area contributed by atoms with E-state index >= 15 is 0 Å². The predicted molar refractivity (Wildman–Crippen MR) is 64.4 cm³/mol. The molecule has 2 rings (SSSR count). The summed E-state index contributed by atoms with van der Waals surface area (Å²) in [5, 5.41) is 6.10. The van der Waals surface area contributed by atoms with Crippen molar-refractivity contribution in [1.29, 1.82) is 0 Å². The number of piperidine rings is 1. The van der Waals surface area contributed by atoms with E-state index in [4.69, 9.17) is 0 Å². The molecule has 96 valence electrons. The molecule has 0 radical (unpaired) electrons. The molecule has 5 heteroatoms. The van der Waals surface area contributed by atoms with Crippen LogP contribution in [-0.4, -0.2) is 47.9 Å². The lowest BCUT2D eigenvalue weighted by molar-refractivity contribution is -0.144. The quantitative estimate of drug-likeness (QED) is 0.670. The summed E-state index contributed by atoms with van der Waals surface area (Å²) in [6, 6.07) is -0.0472. The number of hydrogen-bond donors (Lipinski definition) is 2. The van der Waals surface area contributed by atoms with Gasteiger partial charge in [0, 0.05) is 19.1 Å². The van der Waals surface area contributed by atoms with Gasteiger partial charge in [-0.05, 0) is 33.1 Å². The van der Waals surface area contributed by atoms with Crippen molar-refractivity contribution in [3.8, 4) is 0 Å². The van der Waals surface area contributed by atoms with Crippen LogP contribution in [0, 0.1) is 0 Å². The molecule has 5 nitrogen and oxygen atoms in total. The molecule has 0 bridgehead atoms. The number of nitrogens with zero attached hydrogens (tertiary/aromatic N) is 1. The Labute approximate surface area is 102 Å². The summed E-state index contributed by atoms with van der Waals surface area (Å²) >= 11 is 0. The van der Waals surface area contributed by atoms with Gasteiger partial charge in [0.1, 0.15) is 6.04 Å². The molecular formula is C12H21N3O2. The number of rotatable bonds is 1. The third-order valence-corrected chi connectivity index (χ3v) is 3.70. The van der Waals surface area contributed by atoms with Crippen LogP contribution >= 0.6 is 0 Å². The Balaban J connectivity index is 2.00. The summed E-state index contributed by atoms with van der Waals surface area (Å²) < 4.78 is 0. The molecule has 2 heterocycles. The van der Waals surface area contributed by atoms with E-state index < -0.39 is 0 Å². The average Bonchev–Trinajstić information content (AvgIpc) is 2.32. The minimum atomic E-state index is -0.338. The average molecular weight is 239 g/mol. The van der Waals surface area contributed by atoms with Crippen molar-refractivity contribution in [3.05, 3.63) is 0 Å². The van der Waals surface area contributed by atoms with Gasteiger partial charge in [0.25, 0.3) is 0 Å². The number of nitrogens with one attached hydrogen (secondary N) is 2. The van der Waals surface area contributed by atoms with E-state index in [0.717, 1.165) is 19.3 Å². The summed E-state index contributed by atoms with van der Waals surface area (Å²) in [6.07, 6.45) is 3.09. The number of piperazine rings is 1. The third kappa shape index (κ3) is 2.60. The SMILES string of the molecule is CC1CCCC(C(=O)N2CCNC(=O)C2C)N1. The van der Waals surface area contributed by atoms with E-state index in [1.165, 1.54) is 0 Å². The Bertz CT molecular complexity index is 319. The zero-order valence-corrected chi connectivity index (χ0v) is 10.5. The normalized spacial score (nSPS) is 34.4. The Kier molecular flexibility index (Phi) is 3.66. The van der Waals surface area contributed by atoms with Gasteiger partial charge in [-0.2, -0.15) is 0 Å². The molecule has 2 aliphatic rings. The van der Waals surface area contributed by atoms with Gasteiger partial charge in [0.05, 0.1) is 6.04 Å². The molecule has 17 heavy (non-hydrogen) atoms. The van der Waals surface area contributed by atoms with Crippen LogP contribution in [0.25, 0.3) is 0 Å². The monoisotopic (exact) mass is 239 g/mol. The fourth-order valence-electron chi connectivity index (χ4n) is 2.62. The fourth-order valence-corrected chi connectivity index (χ4v) is 2.62. The highest BCUT2D eigenvalue weighted by molar-refractivity contribution is 5.90. The summed E-state index contributed by atoms with van der Waals surface area (Å²) in [4.78, 5) is 25.6. The lowest BCUT2D eigenvalue weighted by atomic mass is 9.98. The number of carbonyl (C=O) groups excluding carboxylic acids is 2. The molecule has 2 saturated heterocycles. The van der Waals surface area contributed by atoms with Crippen LogP contribution in [0.5, 0.6) is 0 Å². The maximum absolute atomic E-state index is 12.3. The minimum absolute atomic E-state index is 0.0477. The topological polar surface area (TPSA) is 61.4 Å². The molecule has 2 fully saturated rings. The first-order valence-corrected chi connectivity index (χ1v) is 6.44. The highest BCUT2D eigenvalue weighted by Crippen LogP contribution is 2.16. The van der Waals surface area contributed by atoms with E-state index in [-0.39, 0.29) is 23.9 Å². The third-order valence-electron chi connectivity index (χ3n) is 3.70. The fraction of sp³-hybridized carbons (Fsp3) is 0.833. The number of amides is 2. The van der Waals surface area contributed by atoms with Crippen molar-refractivity contribution >= 4 is 11.8 Å². The van der Waals surface area contributed by atoms with E-state index in [9.17, 15) is 9.59 Å². The summed E-state index contributed by atoms with van der Waals surface area (Å²) in [6.45, 7) is 5.08. The Morgan fingerprint density at radius 2 is 2.12 bits per heavy atom. The molecule has 0 aromatic carbocycles. The lowest BCUT2D eigenvalue weighted by Gasteiger charge is -2.37. The lowest BCUT2D eigenvalue weighted by Crippen LogP contribution is -2.60. The molecule has 2 amide bonds. The zero-order valence-electron chi connectivity index (χ0n) is 10.5. The first-order chi connectivity index (χ1) is 8.09. The van der Waals surface area contributed by atoms with Gasteiger partial charge in [-0.15, -0.1) is 0 Å². The molecule has 0 spiro atoms. The highest BCUT2D eigenvalue weighted by atomic mass is 16.2. The van der Waals surface area contributed by atoms with Crippen molar-refractivity contribution in [3.63, 3.8) is 0 Å². The molecular weight excluding hydrogens is 218 g/mol. The second-order valence-electron chi connectivity index (χ2n) is 5.05. The van der Waals surface area contributed by atoms with Crippen LogP contribution < -0.4 is 10.6 Å².